The van der Waals surface area contributed by atoms with Crippen LogP contribution in [0.15, 0.2) is 0 Å². The highest BCUT2D eigenvalue weighted by Gasteiger charge is 2.39. The van der Waals surface area contributed by atoms with Crippen molar-refractivity contribution in [3.05, 3.63) is 0 Å². The zero-order valence-corrected chi connectivity index (χ0v) is 9.70. The minimum atomic E-state index is -1.02. The fourth-order valence-electron chi connectivity index (χ4n) is 1.99. The number of nitrogens with two attached hydrogens (primary N) is 1. The van der Waals surface area contributed by atoms with E-state index in [1.165, 1.54) is 0 Å². The summed E-state index contributed by atoms with van der Waals surface area (Å²) in [5.41, 5.74) is 5.99. The fourth-order valence-corrected chi connectivity index (χ4v) is 1.99. The van der Waals surface area contributed by atoms with E-state index in [2.05, 4.69) is 16.4 Å². The molecule has 0 atom stereocenters. The Morgan fingerprint density at radius 1 is 1.29 bits per heavy atom. The zero-order valence-electron chi connectivity index (χ0n) is 9.70. The molecular formula is C11H17N3O3. The summed E-state index contributed by atoms with van der Waals surface area (Å²) in [4.78, 5) is 27.0. The average molecular weight is 239 g/mol. The van der Waals surface area contributed by atoms with Gasteiger partial charge in [-0.1, -0.05) is 25.7 Å². The number of hydroxylamine groups is 1. The van der Waals surface area contributed by atoms with E-state index in [1.54, 1.807) is 0 Å². The molecule has 17 heavy (non-hydrogen) atoms. The molecule has 0 bridgehead atoms. The lowest BCUT2D eigenvalue weighted by atomic mass is 9.81. The molecule has 6 nitrogen and oxygen atoms in total. The Labute approximate surface area is 100 Å². The van der Waals surface area contributed by atoms with E-state index in [1.807, 2.05) is 0 Å². The van der Waals surface area contributed by atoms with E-state index in [9.17, 15) is 14.9 Å². The van der Waals surface area contributed by atoms with Gasteiger partial charge >= 0.3 is 0 Å². The Kier molecular flexibility index (Phi) is 4.91. The Hall–Kier alpha value is -1.61. The number of carbonyl (C=O) groups is 2. The number of rotatable bonds is 4. The van der Waals surface area contributed by atoms with Gasteiger partial charge in [0.1, 0.15) is 5.41 Å². The first-order valence-corrected chi connectivity index (χ1v) is 5.72. The molecule has 0 radical (unpaired) electrons. The van der Waals surface area contributed by atoms with Crippen LogP contribution < -0.4 is 11.2 Å². The summed E-state index contributed by atoms with van der Waals surface area (Å²) < 4.78 is 0. The molecule has 1 aliphatic rings. The van der Waals surface area contributed by atoms with Crippen molar-refractivity contribution in [1.29, 1.82) is 5.26 Å². The third-order valence-corrected chi connectivity index (χ3v) is 2.99. The molecule has 6 heteroatoms. The van der Waals surface area contributed by atoms with Gasteiger partial charge in [0.05, 0.1) is 6.07 Å². The largest absolute Gasteiger partial charge is 0.368 e. The van der Waals surface area contributed by atoms with Gasteiger partial charge in [0, 0.05) is 0 Å². The molecule has 0 spiro atoms. The summed E-state index contributed by atoms with van der Waals surface area (Å²) in [7, 11) is 0. The monoisotopic (exact) mass is 239 g/mol. The molecule has 1 saturated carbocycles. The molecule has 0 aromatic heterocycles. The molecule has 0 aromatic rings. The summed E-state index contributed by atoms with van der Waals surface area (Å²) in [5.74, 6) is -1.14. The Morgan fingerprint density at radius 3 is 2.35 bits per heavy atom. The normalized spacial score (nSPS) is 18.8. The van der Waals surface area contributed by atoms with Crippen LogP contribution in [0.3, 0.4) is 0 Å². The van der Waals surface area contributed by atoms with Crippen molar-refractivity contribution >= 4 is 11.8 Å². The minimum Gasteiger partial charge on any atom is -0.368 e. The SMILES string of the molecule is N#CC1(C(=O)NOCC(N)=O)CCCCCC1. The van der Waals surface area contributed by atoms with Gasteiger partial charge in [-0.3, -0.25) is 14.4 Å². The van der Waals surface area contributed by atoms with Gasteiger partial charge in [-0.15, -0.1) is 0 Å². The van der Waals surface area contributed by atoms with Crippen molar-refractivity contribution < 1.29 is 14.4 Å². The van der Waals surface area contributed by atoms with Crippen molar-refractivity contribution in [2.75, 3.05) is 6.61 Å². The predicted molar refractivity (Wildman–Crippen MR) is 59.0 cm³/mol. The van der Waals surface area contributed by atoms with Crippen LogP contribution in [-0.4, -0.2) is 18.4 Å². The second-order valence-corrected chi connectivity index (χ2v) is 4.29. The lowest BCUT2D eigenvalue weighted by Crippen LogP contribution is -2.41. The van der Waals surface area contributed by atoms with Gasteiger partial charge in [0.2, 0.25) is 5.91 Å². The van der Waals surface area contributed by atoms with Crippen LogP contribution in [0.4, 0.5) is 0 Å². The van der Waals surface area contributed by atoms with Gasteiger partial charge in [-0.05, 0) is 12.8 Å². The van der Waals surface area contributed by atoms with Crippen molar-refractivity contribution in [3.63, 3.8) is 0 Å². The fraction of sp³-hybridized carbons (Fsp3) is 0.727. The number of hydrogen-bond acceptors (Lipinski definition) is 4. The van der Waals surface area contributed by atoms with Crippen LogP contribution in [-0.2, 0) is 14.4 Å². The van der Waals surface area contributed by atoms with Gasteiger partial charge in [0.15, 0.2) is 6.61 Å². The Morgan fingerprint density at radius 2 is 1.88 bits per heavy atom. The molecule has 0 heterocycles. The van der Waals surface area contributed by atoms with Gasteiger partial charge < -0.3 is 5.73 Å². The Bertz CT molecular complexity index is 327. The second-order valence-electron chi connectivity index (χ2n) is 4.29. The van der Waals surface area contributed by atoms with Crippen LogP contribution in [0.25, 0.3) is 0 Å². The first-order chi connectivity index (χ1) is 8.10. The molecule has 1 aliphatic carbocycles. The molecule has 1 rings (SSSR count). The summed E-state index contributed by atoms with van der Waals surface area (Å²) in [6.07, 6.45) is 4.87. The molecule has 2 amide bonds. The number of primary amides is 1. The van der Waals surface area contributed by atoms with Crippen molar-refractivity contribution in [3.8, 4) is 6.07 Å². The number of nitrogens with zero attached hydrogens (tertiary/aromatic N) is 1. The molecule has 0 unspecified atom stereocenters. The van der Waals surface area contributed by atoms with Crippen LogP contribution in [0.2, 0.25) is 0 Å². The maximum Gasteiger partial charge on any atom is 0.264 e. The van der Waals surface area contributed by atoms with Gasteiger partial charge in [-0.25, -0.2) is 5.48 Å². The maximum absolute atomic E-state index is 11.9. The van der Waals surface area contributed by atoms with Crippen molar-refractivity contribution in [2.45, 2.75) is 38.5 Å². The topological polar surface area (TPSA) is 105 Å². The van der Waals surface area contributed by atoms with E-state index in [-0.39, 0.29) is 6.61 Å². The third-order valence-electron chi connectivity index (χ3n) is 2.99. The molecule has 0 aromatic carbocycles. The molecule has 94 valence electrons. The van der Waals surface area contributed by atoms with Gasteiger partial charge in [0.25, 0.3) is 5.91 Å². The highest BCUT2D eigenvalue weighted by Crippen LogP contribution is 2.34. The number of carbonyl (C=O) groups excluding carboxylic acids is 2. The highest BCUT2D eigenvalue weighted by molar-refractivity contribution is 5.84. The third kappa shape index (κ3) is 3.71. The number of nitriles is 1. The van der Waals surface area contributed by atoms with Crippen LogP contribution >= 0.6 is 0 Å². The summed E-state index contributed by atoms with van der Waals surface area (Å²) >= 11 is 0. The predicted octanol–water partition coefficient (Wildman–Crippen LogP) is 0.384. The van der Waals surface area contributed by atoms with Crippen molar-refractivity contribution in [1.82, 2.24) is 5.48 Å². The summed E-state index contributed by atoms with van der Waals surface area (Å²) in [6, 6.07) is 2.09. The first kappa shape index (κ1) is 13.5. The molecule has 1 fully saturated rings. The smallest absolute Gasteiger partial charge is 0.264 e. The quantitative estimate of drug-likeness (QED) is 0.546. The first-order valence-electron chi connectivity index (χ1n) is 5.72. The average Bonchev–Trinajstić information content (AvgIpc) is 2.54. The molecular weight excluding hydrogens is 222 g/mol. The molecule has 0 saturated heterocycles. The lowest BCUT2D eigenvalue weighted by molar-refractivity contribution is -0.144. The van der Waals surface area contributed by atoms with E-state index >= 15 is 0 Å². The lowest BCUT2D eigenvalue weighted by Gasteiger charge is -2.22. The summed E-state index contributed by atoms with van der Waals surface area (Å²) in [6.45, 7) is -0.382. The molecule has 0 aliphatic heterocycles. The van der Waals surface area contributed by atoms with E-state index in [4.69, 9.17) is 5.73 Å². The van der Waals surface area contributed by atoms with E-state index < -0.39 is 17.2 Å². The zero-order chi connectivity index (χ0) is 12.7. The second kappa shape index (κ2) is 6.21. The minimum absolute atomic E-state index is 0.382. The van der Waals surface area contributed by atoms with Crippen LogP contribution in [0.5, 0.6) is 0 Å². The van der Waals surface area contributed by atoms with E-state index in [0.29, 0.717) is 12.8 Å². The standard InChI is InChI=1S/C11H17N3O3/c12-8-11(5-3-1-2-4-6-11)10(16)14-17-7-9(13)15/h1-7H2,(H2,13,15)(H,14,16). The maximum atomic E-state index is 11.9. The van der Waals surface area contributed by atoms with Gasteiger partial charge in [-0.2, -0.15) is 5.26 Å². The summed E-state index contributed by atoms with van der Waals surface area (Å²) in [5, 5.41) is 9.19. The Balaban J connectivity index is 2.56. The number of hydrogen-bond donors (Lipinski definition) is 2. The van der Waals surface area contributed by atoms with Crippen LogP contribution in [0, 0.1) is 16.7 Å². The van der Waals surface area contributed by atoms with Crippen LogP contribution in [0.1, 0.15) is 38.5 Å². The highest BCUT2D eigenvalue weighted by atomic mass is 16.7. The van der Waals surface area contributed by atoms with Crippen molar-refractivity contribution in [2.24, 2.45) is 11.1 Å². The van der Waals surface area contributed by atoms with E-state index in [0.717, 1.165) is 25.7 Å². The molecule has 3 N–H and O–H groups in total. The number of nitrogens with one attached hydrogen (secondary N) is 1. The number of amides is 2.